The maximum Gasteiger partial charge on any atom is 0.417 e. The Bertz CT molecular complexity index is 1040. The Morgan fingerprint density at radius 3 is 2.57 bits per heavy atom. The predicted octanol–water partition coefficient (Wildman–Crippen LogP) is 4.58. The number of carboxylic acid groups (broad SMARTS) is 1. The van der Waals surface area contributed by atoms with Crippen molar-refractivity contribution in [1.82, 2.24) is 9.97 Å². The van der Waals surface area contributed by atoms with E-state index >= 15 is 0 Å². The molecule has 1 aliphatic heterocycles. The number of aromatic nitrogens is 2. The van der Waals surface area contributed by atoms with E-state index in [4.69, 9.17) is 9.84 Å². The van der Waals surface area contributed by atoms with Crippen LogP contribution in [0.3, 0.4) is 0 Å². The first-order chi connectivity index (χ1) is 14.3. The highest BCUT2D eigenvalue weighted by Crippen LogP contribution is 2.31. The van der Waals surface area contributed by atoms with Crippen molar-refractivity contribution in [2.75, 3.05) is 18.0 Å². The highest BCUT2D eigenvalue weighted by molar-refractivity contribution is 7.13. The number of nitrogens with zero attached hydrogens (tertiary/aromatic N) is 3. The molecule has 1 fully saturated rings. The number of alkyl halides is 3. The summed E-state index contributed by atoms with van der Waals surface area (Å²) >= 11 is 1.27. The molecule has 1 aromatic carbocycles. The fourth-order valence-corrected chi connectivity index (χ4v) is 3.97. The lowest BCUT2D eigenvalue weighted by Gasteiger charge is -2.19. The van der Waals surface area contributed by atoms with Crippen LogP contribution in [0.1, 0.15) is 22.5 Å². The standard InChI is InChI=1S/C20H16F3N3O3S/c21-20(22,23)13-3-6-17(24-9-13)29-15-7-8-26(10-15)14-4-1-12(2-5-14)18-25-16(11-30-18)19(27)28/h1-6,9,11,15H,7-8,10H2,(H,27,28). The lowest BCUT2D eigenvalue weighted by Crippen LogP contribution is -2.24. The average molecular weight is 435 g/mol. The number of hydrogen-bond acceptors (Lipinski definition) is 6. The van der Waals surface area contributed by atoms with Crippen LogP contribution in [0.4, 0.5) is 18.9 Å². The van der Waals surface area contributed by atoms with Crippen LogP contribution in [0.5, 0.6) is 5.88 Å². The van der Waals surface area contributed by atoms with E-state index in [2.05, 4.69) is 14.9 Å². The van der Waals surface area contributed by atoms with Gasteiger partial charge in [-0.3, -0.25) is 0 Å². The molecular formula is C20H16F3N3O3S. The Morgan fingerprint density at radius 2 is 1.97 bits per heavy atom. The lowest BCUT2D eigenvalue weighted by molar-refractivity contribution is -0.137. The van der Waals surface area contributed by atoms with Crippen LogP contribution >= 0.6 is 11.3 Å². The molecule has 0 amide bonds. The first-order valence-electron chi connectivity index (χ1n) is 9.04. The summed E-state index contributed by atoms with van der Waals surface area (Å²) in [4.78, 5) is 20.9. The van der Waals surface area contributed by atoms with Crippen molar-refractivity contribution >= 4 is 23.0 Å². The van der Waals surface area contributed by atoms with Gasteiger partial charge in [-0.15, -0.1) is 11.3 Å². The summed E-state index contributed by atoms with van der Waals surface area (Å²) in [6.45, 7) is 1.33. The molecule has 1 aliphatic rings. The van der Waals surface area contributed by atoms with E-state index in [0.29, 0.717) is 11.6 Å². The largest absolute Gasteiger partial charge is 0.476 e. The summed E-state index contributed by atoms with van der Waals surface area (Å²) in [6, 6.07) is 9.81. The molecule has 1 atom stereocenters. The number of carbonyl (C=O) groups is 1. The molecule has 2 aromatic heterocycles. The van der Waals surface area contributed by atoms with Gasteiger partial charge in [-0.05, 0) is 30.3 Å². The van der Waals surface area contributed by atoms with Gasteiger partial charge in [0.15, 0.2) is 5.69 Å². The average Bonchev–Trinajstić information content (AvgIpc) is 3.38. The second-order valence-corrected chi connectivity index (χ2v) is 7.61. The second kappa shape index (κ2) is 7.94. The Balaban J connectivity index is 1.37. The van der Waals surface area contributed by atoms with Gasteiger partial charge >= 0.3 is 12.1 Å². The summed E-state index contributed by atoms with van der Waals surface area (Å²) in [5.41, 5.74) is 1.02. The summed E-state index contributed by atoms with van der Waals surface area (Å²) in [7, 11) is 0. The minimum absolute atomic E-state index is 0.0236. The SMILES string of the molecule is O=C(O)c1csc(-c2ccc(N3CCC(Oc4ccc(C(F)(F)F)cn4)C3)cc2)n1. The Morgan fingerprint density at radius 1 is 1.20 bits per heavy atom. The van der Waals surface area contributed by atoms with Crippen LogP contribution in [0.25, 0.3) is 10.6 Å². The minimum atomic E-state index is -4.42. The van der Waals surface area contributed by atoms with Crippen molar-refractivity contribution in [1.29, 1.82) is 0 Å². The smallest absolute Gasteiger partial charge is 0.417 e. The van der Waals surface area contributed by atoms with E-state index in [-0.39, 0.29) is 17.7 Å². The summed E-state index contributed by atoms with van der Waals surface area (Å²) in [5.74, 6) is -0.886. The number of thiazole rings is 1. The van der Waals surface area contributed by atoms with Crippen molar-refractivity contribution < 1.29 is 27.8 Å². The third kappa shape index (κ3) is 4.38. The van der Waals surface area contributed by atoms with Gasteiger partial charge in [-0.2, -0.15) is 13.2 Å². The fraction of sp³-hybridized carbons (Fsp3) is 0.250. The summed E-state index contributed by atoms with van der Waals surface area (Å²) in [6.07, 6.45) is -3.10. The first kappa shape index (κ1) is 20.1. The molecule has 1 N–H and O–H groups in total. The third-order valence-corrected chi connectivity index (χ3v) is 5.59. The van der Waals surface area contributed by atoms with Crippen LogP contribution in [0.15, 0.2) is 48.0 Å². The van der Waals surface area contributed by atoms with Crippen molar-refractivity contribution in [3.8, 4) is 16.5 Å². The zero-order valence-corrected chi connectivity index (χ0v) is 16.3. The van der Waals surface area contributed by atoms with Crippen LogP contribution in [0.2, 0.25) is 0 Å². The summed E-state index contributed by atoms with van der Waals surface area (Å²) in [5, 5.41) is 11.1. The molecule has 0 bridgehead atoms. The molecule has 3 heterocycles. The van der Waals surface area contributed by atoms with E-state index in [1.807, 2.05) is 24.3 Å². The number of pyridine rings is 1. The van der Waals surface area contributed by atoms with Crippen LogP contribution in [-0.4, -0.2) is 40.2 Å². The molecule has 1 unspecified atom stereocenters. The monoisotopic (exact) mass is 435 g/mol. The normalized spacial score (nSPS) is 16.6. The molecule has 0 spiro atoms. The number of carboxylic acids is 1. The van der Waals surface area contributed by atoms with Gasteiger partial charge in [0.1, 0.15) is 11.1 Å². The first-order valence-corrected chi connectivity index (χ1v) is 9.91. The molecule has 156 valence electrons. The van der Waals surface area contributed by atoms with E-state index in [0.717, 1.165) is 36.5 Å². The highest BCUT2D eigenvalue weighted by atomic mass is 32.1. The van der Waals surface area contributed by atoms with Crippen LogP contribution in [-0.2, 0) is 6.18 Å². The van der Waals surface area contributed by atoms with Crippen LogP contribution < -0.4 is 9.64 Å². The topological polar surface area (TPSA) is 75.5 Å². The molecule has 6 nitrogen and oxygen atoms in total. The van der Waals surface area contributed by atoms with E-state index < -0.39 is 17.7 Å². The zero-order chi connectivity index (χ0) is 21.3. The second-order valence-electron chi connectivity index (χ2n) is 6.75. The van der Waals surface area contributed by atoms with E-state index in [9.17, 15) is 18.0 Å². The molecule has 4 rings (SSSR count). The quantitative estimate of drug-likeness (QED) is 0.632. The molecule has 10 heteroatoms. The molecule has 0 radical (unpaired) electrons. The molecule has 3 aromatic rings. The lowest BCUT2D eigenvalue weighted by atomic mass is 10.2. The number of rotatable bonds is 5. The number of anilines is 1. The Kier molecular flexibility index (Phi) is 5.33. The van der Waals surface area contributed by atoms with Crippen molar-refractivity contribution in [2.45, 2.75) is 18.7 Å². The van der Waals surface area contributed by atoms with E-state index in [1.165, 1.54) is 22.8 Å². The molecule has 30 heavy (non-hydrogen) atoms. The van der Waals surface area contributed by atoms with Gasteiger partial charge in [-0.1, -0.05) is 0 Å². The molecule has 0 aliphatic carbocycles. The van der Waals surface area contributed by atoms with Gasteiger partial charge in [0.05, 0.1) is 12.1 Å². The fourth-order valence-electron chi connectivity index (χ4n) is 3.17. The maximum atomic E-state index is 12.6. The van der Waals surface area contributed by atoms with Crippen LogP contribution in [0, 0.1) is 0 Å². The van der Waals surface area contributed by atoms with Crippen molar-refractivity contribution in [2.24, 2.45) is 0 Å². The molecule has 0 saturated carbocycles. The van der Waals surface area contributed by atoms with E-state index in [1.54, 1.807) is 0 Å². The molecule has 1 saturated heterocycles. The number of halogens is 3. The van der Waals surface area contributed by atoms with Gasteiger partial charge in [0, 0.05) is 41.9 Å². The number of aromatic carboxylic acids is 1. The maximum absolute atomic E-state index is 12.6. The minimum Gasteiger partial charge on any atom is -0.476 e. The highest BCUT2D eigenvalue weighted by Gasteiger charge is 2.31. The van der Waals surface area contributed by atoms with Gasteiger partial charge < -0.3 is 14.7 Å². The van der Waals surface area contributed by atoms with Gasteiger partial charge in [0.25, 0.3) is 0 Å². The Labute approximate surface area is 173 Å². The van der Waals surface area contributed by atoms with Gasteiger partial charge in [-0.25, -0.2) is 14.8 Å². The molecular weight excluding hydrogens is 419 g/mol. The predicted molar refractivity (Wildman–Crippen MR) is 105 cm³/mol. The van der Waals surface area contributed by atoms with Gasteiger partial charge in [0.2, 0.25) is 5.88 Å². The number of hydrogen-bond donors (Lipinski definition) is 1. The van der Waals surface area contributed by atoms with Crippen molar-refractivity contribution in [3.63, 3.8) is 0 Å². The number of ether oxygens (including phenoxy) is 1. The van der Waals surface area contributed by atoms with Crippen molar-refractivity contribution in [3.05, 3.63) is 59.2 Å². The Hall–Kier alpha value is -3.14. The number of benzene rings is 1. The third-order valence-electron chi connectivity index (χ3n) is 4.70. The zero-order valence-electron chi connectivity index (χ0n) is 15.5. The summed E-state index contributed by atoms with van der Waals surface area (Å²) < 4.78 is 43.6.